The zero-order valence-electron chi connectivity index (χ0n) is 16.5. The molecule has 2 heterocycles. The number of imidazole rings is 1. The Morgan fingerprint density at radius 3 is 2.93 bits per heavy atom. The first kappa shape index (κ1) is 21.1. The Morgan fingerprint density at radius 1 is 1.48 bits per heavy atom. The number of halogens is 2. The minimum absolute atomic E-state index is 0.126. The number of H-pyrrole nitrogens is 1. The van der Waals surface area contributed by atoms with E-state index in [2.05, 4.69) is 15.3 Å². The summed E-state index contributed by atoms with van der Waals surface area (Å²) in [5.74, 6) is -1.13. The van der Waals surface area contributed by atoms with Crippen LogP contribution in [-0.2, 0) is 16.0 Å². The van der Waals surface area contributed by atoms with Crippen LogP contribution in [0.4, 0.5) is 9.18 Å². The van der Waals surface area contributed by atoms with Gasteiger partial charge in [-0.05, 0) is 24.1 Å². The maximum Gasteiger partial charge on any atom is 0.328 e. The van der Waals surface area contributed by atoms with Crippen LogP contribution in [0.2, 0.25) is 5.02 Å². The van der Waals surface area contributed by atoms with Gasteiger partial charge < -0.3 is 19.9 Å². The van der Waals surface area contributed by atoms with Gasteiger partial charge in [0.15, 0.2) is 0 Å². The lowest BCUT2D eigenvalue weighted by molar-refractivity contribution is -0.144. The molecule has 1 aliphatic heterocycles. The number of esters is 1. The first-order chi connectivity index (χ1) is 13.9. The molecule has 1 aromatic heterocycles. The Balaban J connectivity index is 1.97. The van der Waals surface area contributed by atoms with Crippen molar-refractivity contribution in [2.75, 3.05) is 13.7 Å². The van der Waals surface area contributed by atoms with Crippen molar-refractivity contribution in [2.45, 2.75) is 38.8 Å². The van der Waals surface area contributed by atoms with Crippen LogP contribution >= 0.6 is 11.6 Å². The van der Waals surface area contributed by atoms with Gasteiger partial charge in [-0.25, -0.2) is 19.0 Å². The number of hydrogen-bond donors (Lipinski definition) is 2. The van der Waals surface area contributed by atoms with Crippen LogP contribution in [0.25, 0.3) is 0 Å². The molecular weight excluding hydrogens is 399 g/mol. The third kappa shape index (κ3) is 4.22. The second-order valence-corrected chi connectivity index (χ2v) is 7.55. The second-order valence-electron chi connectivity index (χ2n) is 7.11. The van der Waals surface area contributed by atoms with Crippen molar-refractivity contribution in [2.24, 2.45) is 5.92 Å². The van der Waals surface area contributed by atoms with Gasteiger partial charge in [0, 0.05) is 29.2 Å². The fraction of sp³-hybridized carbons (Fsp3) is 0.450. The second kappa shape index (κ2) is 8.82. The summed E-state index contributed by atoms with van der Waals surface area (Å²) in [4.78, 5) is 34.2. The van der Waals surface area contributed by atoms with Crippen molar-refractivity contribution in [3.05, 3.63) is 52.3 Å². The van der Waals surface area contributed by atoms with E-state index in [-0.39, 0.29) is 11.5 Å². The number of urea groups is 1. The Bertz CT molecular complexity index is 904. The highest BCUT2D eigenvalue weighted by Crippen LogP contribution is 2.36. The summed E-state index contributed by atoms with van der Waals surface area (Å²) in [5.41, 5.74) is 1.65. The number of aromatic amines is 1. The van der Waals surface area contributed by atoms with Crippen LogP contribution in [0.5, 0.6) is 0 Å². The molecule has 2 aromatic rings. The maximum absolute atomic E-state index is 14.7. The summed E-state index contributed by atoms with van der Waals surface area (Å²) < 4.78 is 19.5. The van der Waals surface area contributed by atoms with Crippen molar-refractivity contribution in [3.63, 3.8) is 0 Å². The summed E-state index contributed by atoms with van der Waals surface area (Å²) >= 11 is 6.09. The number of nitrogens with zero attached hydrogens (tertiary/aromatic N) is 2. The van der Waals surface area contributed by atoms with Gasteiger partial charge in [-0.15, -0.1) is 0 Å². The monoisotopic (exact) mass is 422 g/mol. The molecule has 7 nitrogen and oxygen atoms in total. The van der Waals surface area contributed by atoms with E-state index < -0.39 is 29.9 Å². The van der Waals surface area contributed by atoms with Crippen LogP contribution < -0.4 is 5.32 Å². The number of aromatic nitrogens is 2. The molecule has 0 saturated heterocycles. The molecule has 0 fully saturated rings. The summed E-state index contributed by atoms with van der Waals surface area (Å²) in [6.07, 6.45) is 2.74. The van der Waals surface area contributed by atoms with Gasteiger partial charge in [0.25, 0.3) is 0 Å². The minimum atomic E-state index is -0.803. The van der Waals surface area contributed by atoms with E-state index in [0.29, 0.717) is 30.1 Å². The molecule has 0 unspecified atom stereocenters. The first-order valence-electron chi connectivity index (χ1n) is 9.49. The predicted molar refractivity (Wildman–Crippen MR) is 106 cm³/mol. The quantitative estimate of drug-likeness (QED) is 0.722. The highest BCUT2D eigenvalue weighted by atomic mass is 35.5. The standard InChI is InChI=1S/C20H24ClFN4O3/c1-4-11(2)16(19(27)29-3)25-20(28)26-8-7-15-17(24-10-23-15)18(26)13-9-12(21)5-6-14(13)22/h5-6,9-11,16,18H,4,7-8H2,1-3H3,(H,23,24)(H,25,28)/t11-,16-,18+/m1/s1. The van der Waals surface area contributed by atoms with Crippen molar-refractivity contribution in [1.82, 2.24) is 20.2 Å². The van der Waals surface area contributed by atoms with Crippen molar-refractivity contribution >= 4 is 23.6 Å². The number of carbonyl (C=O) groups excluding carboxylic acids is 2. The van der Waals surface area contributed by atoms with Gasteiger partial charge >= 0.3 is 12.0 Å². The molecule has 0 spiro atoms. The lowest BCUT2D eigenvalue weighted by Gasteiger charge is -2.36. The number of carbonyl (C=O) groups is 2. The molecule has 0 bridgehead atoms. The van der Waals surface area contributed by atoms with E-state index in [1.807, 2.05) is 13.8 Å². The average molecular weight is 423 g/mol. The number of methoxy groups -OCH3 is 1. The van der Waals surface area contributed by atoms with Crippen molar-refractivity contribution < 1.29 is 18.7 Å². The van der Waals surface area contributed by atoms with Crippen molar-refractivity contribution in [1.29, 1.82) is 0 Å². The third-order valence-corrected chi connectivity index (χ3v) is 5.62. The smallest absolute Gasteiger partial charge is 0.328 e. The van der Waals surface area contributed by atoms with Crippen LogP contribution in [0, 0.1) is 11.7 Å². The lowest BCUT2D eigenvalue weighted by atomic mass is 9.95. The van der Waals surface area contributed by atoms with Gasteiger partial charge in [-0.2, -0.15) is 0 Å². The zero-order valence-corrected chi connectivity index (χ0v) is 17.3. The van der Waals surface area contributed by atoms with E-state index in [9.17, 15) is 14.0 Å². The molecule has 156 valence electrons. The highest BCUT2D eigenvalue weighted by Gasteiger charge is 2.38. The van der Waals surface area contributed by atoms with Crippen LogP contribution in [-0.4, -0.2) is 46.6 Å². The molecule has 0 aliphatic carbocycles. The number of hydrogen-bond acceptors (Lipinski definition) is 4. The SMILES string of the molecule is CC[C@@H](C)[C@@H](NC(=O)N1CCc2[nH]cnc2[C@@H]1c1cc(Cl)ccc1F)C(=O)OC. The molecule has 9 heteroatoms. The fourth-order valence-electron chi connectivity index (χ4n) is 3.55. The average Bonchev–Trinajstić information content (AvgIpc) is 3.20. The van der Waals surface area contributed by atoms with Gasteiger partial charge in [0.1, 0.15) is 17.9 Å². The zero-order chi connectivity index (χ0) is 21.1. The van der Waals surface area contributed by atoms with E-state index in [1.54, 1.807) is 0 Å². The summed E-state index contributed by atoms with van der Waals surface area (Å²) in [6.45, 7) is 4.11. The number of benzene rings is 1. The molecule has 2 N–H and O–H groups in total. The Morgan fingerprint density at radius 2 is 2.24 bits per heavy atom. The maximum atomic E-state index is 14.7. The van der Waals surface area contributed by atoms with Crippen LogP contribution in [0.3, 0.4) is 0 Å². The number of nitrogens with one attached hydrogen (secondary N) is 2. The molecule has 0 radical (unpaired) electrons. The molecule has 0 saturated carbocycles. The van der Waals surface area contributed by atoms with E-state index in [1.165, 1.54) is 36.5 Å². The van der Waals surface area contributed by atoms with Gasteiger partial charge in [-0.3, -0.25) is 0 Å². The molecule has 2 amide bonds. The molecule has 1 aliphatic rings. The third-order valence-electron chi connectivity index (χ3n) is 5.39. The number of amides is 2. The van der Waals surface area contributed by atoms with Crippen molar-refractivity contribution in [3.8, 4) is 0 Å². The van der Waals surface area contributed by atoms with E-state index in [4.69, 9.17) is 16.3 Å². The van der Waals surface area contributed by atoms with Crippen LogP contribution in [0.15, 0.2) is 24.5 Å². The predicted octanol–water partition coefficient (Wildman–Crippen LogP) is 3.45. The normalized spacial score (nSPS) is 18.0. The largest absolute Gasteiger partial charge is 0.467 e. The number of rotatable bonds is 5. The summed E-state index contributed by atoms with van der Waals surface area (Å²) in [7, 11) is 1.28. The highest BCUT2D eigenvalue weighted by molar-refractivity contribution is 6.30. The molecule has 1 aromatic carbocycles. The Labute approximate surface area is 173 Å². The number of ether oxygens (including phenoxy) is 1. The molecule has 3 rings (SSSR count). The molecule has 3 atom stereocenters. The van der Waals surface area contributed by atoms with Gasteiger partial charge in [-0.1, -0.05) is 31.9 Å². The van der Waals surface area contributed by atoms with E-state index in [0.717, 1.165) is 5.69 Å². The van der Waals surface area contributed by atoms with Gasteiger partial charge in [0.05, 0.1) is 19.1 Å². The minimum Gasteiger partial charge on any atom is -0.467 e. The lowest BCUT2D eigenvalue weighted by Crippen LogP contribution is -2.53. The van der Waals surface area contributed by atoms with Gasteiger partial charge in [0.2, 0.25) is 0 Å². The van der Waals surface area contributed by atoms with Crippen LogP contribution in [0.1, 0.15) is 43.3 Å². The number of fused-ring (bicyclic) bond motifs is 1. The first-order valence-corrected chi connectivity index (χ1v) is 9.87. The molecular formula is C20H24ClFN4O3. The Kier molecular flexibility index (Phi) is 6.42. The summed E-state index contributed by atoms with van der Waals surface area (Å²) in [5, 5.41) is 3.12. The Hall–Kier alpha value is -2.61. The topological polar surface area (TPSA) is 87.3 Å². The summed E-state index contributed by atoms with van der Waals surface area (Å²) in [6, 6.07) is 2.17. The fourth-order valence-corrected chi connectivity index (χ4v) is 3.73. The molecule has 29 heavy (non-hydrogen) atoms. The van der Waals surface area contributed by atoms with E-state index >= 15 is 0 Å².